The number of aliphatic carboxylic acids is 1. The third kappa shape index (κ3) is 1.91. The largest absolute Gasteiger partial charge is 0.481 e. The second kappa shape index (κ2) is 4.37. The van der Waals surface area contributed by atoms with Gasteiger partial charge < -0.3 is 10.4 Å². The van der Waals surface area contributed by atoms with Gasteiger partial charge in [0.2, 0.25) is 5.91 Å². The van der Waals surface area contributed by atoms with E-state index < -0.39 is 11.4 Å². The second-order valence-electron chi connectivity index (χ2n) is 5.54. The molecule has 4 heteroatoms. The van der Waals surface area contributed by atoms with Crippen molar-refractivity contribution >= 4 is 17.6 Å². The number of nitrogens with one attached hydrogen (secondary N) is 1. The molecule has 100 valence electrons. The van der Waals surface area contributed by atoms with Crippen LogP contribution < -0.4 is 5.32 Å². The maximum atomic E-state index is 11.8. The maximum Gasteiger partial charge on any atom is 0.314 e. The Labute approximate surface area is 111 Å². The molecule has 2 aliphatic rings. The van der Waals surface area contributed by atoms with Gasteiger partial charge in [0, 0.05) is 5.69 Å². The van der Waals surface area contributed by atoms with Crippen LogP contribution in [0.1, 0.15) is 43.2 Å². The van der Waals surface area contributed by atoms with Crippen LogP contribution in [-0.4, -0.2) is 17.0 Å². The summed E-state index contributed by atoms with van der Waals surface area (Å²) in [5, 5.41) is 12.4. The molecule has 1 saturated carbocycles. The van der Waals surface area contributed by atoms with E-state index in [1.807, 2.05) is 18.2 Å². The van der Waals surface area contributed by atoms with E-state index in [-0.39, 0.29) is 5.91 Å². The molecule has 1 aromatic carbocycles. The molecule has 0 bridgehead atoms. The Bertz CT molecular complexity index is 544. The zero-order valence-corrected chi connectivity index (χ0v) is 10.7. The molecule has 1 aliphatic heterocycles. The molecule has 0 unspecified atom stereocenters. The smallest absolute Gasteiger partial charge is 0.314 e. The lowest BCUT2D eigenvalue weighted by atomic mass is 9.69. The molecule has 1 fully saturated rings. The second-order valence-corrected chi connectivity index (χ2v) is 5.54. The Balaban J connectivity index is 2.02. The Morgan fingerprint density at radius 2 is 1.95 bits per heavy atom. The van der Waals surface area contributed by atoms with Crippen LogP contribution in [0.4, 0.5) is 5.69 Å². The molecule has 0 radical (unpaired) electrons. The van der Waals surface area contributed by atoms with E-state index in [4.69, 9.17) is 0 Å². The summed E-state index contributed by atoms with van der Waals surface area (Å²) in [6, 6.07) is 5.62. The van der Waals surface area contributed by atoms with Crippen LogP contribution >= 0.6 is 0 Å². The molecular weight excluding hydrogens is 242 g/mol. The molecule has 1 amide bonds. The van der Waals surface area contributed by atoms with Crippen LogP contribution in [0.3, 0.4) is 0 Å². The van der Waals surface area contributed by atoms with Crippen molar-refractivity contribution < 1.29 is 14.7 Å². The van der Waals surface area contributed by atoms with E-state index in [0.717, 1.165) is 36.1 Å². The molecule has 1 aromatic rings. The molecule has 0 aromatic heterocycles. The first-order valence-corrected chi connectivity index (χ1v) is 6.78. The van der Waals surface area contributed by atoms with Gasteiger partial charge >= 0.3 is 5.97 Å². The van der Waals surface area contributed by atoms with Crippen molar-refractivity contribution in [2.45, 2.75) is 43.9 Å². The van der Waals surface area contributed by atoms with Crippen LogP contribution in [0, 0.1) is 0 Å². The van der Waals surface area contributed by atoms with Gasteiger partial charge in [-0.3, -0.25) is 9.59 Å². The van der Waals surface area contributed by atoms with Crippen molar-refractivity contribution in [3.63, 3.8) is 0 Å². The summed E-state index contributed by atoms with van der Waals surface area (Å²) >= 11 is 0. The number of carbonyl (C=O) groups excluding carboxylic acids is 1. The van der Waals surface area contributed by atoms with Crippen molar-refractivity contribution in [2.75, 3.05) is 5.32 Å². The Morgan fingerprint density at radius 1 is 1.21 bits per heavy atom. The highest BCUT2D eigenvalue weighted by molar-refractivity contribution is 5.99. The van der Waals surface area contributed by atoms with E-state index in [1.54, 1.807) is 0 Å². The maximum absolute atomic E-state index is 11.8. The highest BCUT2D eigenvalue weighted by Gasteiger charge is 2.41. The first-order valence-electron chi connectivity index (χ1n) is 6.78. The van der Waals surface area contributed by atoms with Crippen LogP contribution in [0.15, 0.2) is 18.2 Å². The molecule has 0 atom stereocenters. The van der Waals surface area contributed by atoms with Gasteiger partial charge in [-0.2, -0.15) is 0 Å². The third-order valence-corrected chi connectivity index (χ3v) is 4.40. The fraction of sp³-hybridized carbons (Fsp3) is 0.467. The van der Waals surface area contributed by atoms with Gasteiger partial charge in [-0.05, 0) is 30.0 Å². The molecule has 0 saturated heterocycles. The van der Waals surface area contributed by atoms with Gasteiger partial charge in [0.1, 0.15) is 0 Å². The lowest BCUT2D eigenvalue weighted by Gasteiger charge is -2.33. The van der Waals surface area contributed by atoms with E-state index in [1.165, 1.54) is 0 Å². The Kier molecular flexibility index (Phi) is 2.81. The molecule has 4 nitrogen and oxygen atoms in total. The van der Waals surface area contributed by atoms with Gasteiger partial charge in [0.05, 0.1) is 11.8 Å². The van der Waals surface area contributed by atoms with Crippen LogP contribution in [0.25, 0.3) is 0 Å². The van der Waals surface area contributed by atoms with Crippen molar-refractivity contribution in [1.82, 2.24) is 0 Å². The minimum absolute atomic E-state index is 0.0137. The first kappa shape index (κ1) is 12.2. The van der Waals surface area contributed by atoms with Gasteiger partial charge in [0.15, 0.2) is 0 Å². The van der Waals surface area contributed by atoms with Crippen molar-refractivity contribution in [3.8, 4) is 0 Å². The standard InChI is InChI=1S/C15H17NO3/c17-13-9-10-8-11(4-5-12(10)16-13)15(14(18)19)6-2-1-3-7-15/h4-5,8H,1-3,6-7,9H2,(H,16,17)(H,18,19). The topological polar surface area (TPSA) is 66.4 Å². The first-order chi connectivity index (χ1) is 9.12. The predicted molar refractivity (Wildman–Crippen MR) is 71.2 cm³/mol. The van der Waals surface area contributed by atoms with Crippen LogP contribution in [-0.2, 0) is 21.4 Å². The number of amides is 1. The summed E-state index contributed by atoms with van der Waals surface area (Å²) in [6.45, 7) is 0. The zero-order valence-electron chi connectivity index (χ0n) is 10.7. The average Bonchev–Trinajstić information content (AvgIpc) is 2.78. The predicted octanol–water partition coefficient (Wildman–Crippen LogP) is 2.47. The molecular formula is C15H17NO3. The fourth-order valence-electron chi connectivity index (χ4n) is 3.31. The summed E-state index contributed by atoms with van der Waals surface area (Å²) in [6.07, 6.45) is 4.78. The third-order valence-electron chi connectivity index (χ3n) is 4.40. The van der Waals surface area contributed by atoms with E-state index in [2.05, 4.69) is 5.32 Å². The van der Waals surface area contributed by atoms with Crippen LogP contribution in [0.5, 0.6) is 0 Å². The Morgan fingerprint density at radius 3 is 2.63 bits per heavy atom. The monoisotopic (exact) mass is 259 g/mol. The fourth-order valence-corrected chi connectivity index (χ4v) is 3.31. The van der Waals surface area contributed by atoms with Crippen molar-refractivity contribution in [2.24, 2.45) is 0 Å². The summed E-state index contributed by atoms with van der Waals surface area (Å²) in [5.41, 5.74) is 1.85. The number of benzene rings is 1. The minimum Gasteiger partial charge on any atom is -0.481 e. The van der Waals surface area contributed by atoms with E-state index in [9.17, 15) is 14.7 Å². The highest BCUT2D eigenvalue weighted by atomic mass is 16.4. The van der Waals surface area contributed by atoms with Gasteiger partial charge in [0.25, 0.3) is 0 Å². The molecule has 3 rings (SSSR count). The molecule has 1 heterocycles. The summed E-state index contributed by atoms with van der Waals surface area (Å²) in [4.78, 5) is 23.1. The average molecular weight is 259 g/mol. The number of carboxylic acid groups (broad SMARTS) is 1. The number of fused-ring (bicyclic) bond motifs is 1. The number of carboxylic acids is 1. The molecule has 2 N–H and O–H groups in total. The number of hydrogen-bond acceptors (Lipinski definition) is 2. The molecule has 19 heavy (non-hydrogen) atoms. The van der Waals surface area contributed by atoms with Crippen molar-refractivity contribution in [1.29, 1.82) is 0 Å². The summed E-state index contributed by atoms with van der Waals surface area (Å²) in [7, 11) is 0. The van der Waals surface area contributed by atoms with Gasteiger partial charge in [-0.15, -0.1) is 0 Å². The minimum atomic E-state index is -0.751. The van der Waals surface area contributed by atoms with Crippen molar-refractivity contribution in [3.05, 3.63) is 29.3 Å². The van der Waals surface area contributed by atoms with Crippen LogP contribution in [0.2, 0.25) is 0 Å². The number of carbonyl (C=O) groups is 2. The summed E-state index contributed by atoms with van der Waals surface area (Å²) in [5.74, 6) is -0.746. The lowest BCUT2D eigenvalue weighted by Crippen LogP contribution is -2.37. The van der Waals surface area contributed by atoms with Gasteiger partial charge in [-0.25, -0.2) is 0 Å². The quantitative estimate of drug-likeness (QED) is 0.857. The van der Waals surface area contributed by atoms with Gasteiger partial charge in [-0.1, -0.05) is 31.4 Å². The van der Waals surface area contributed by atoms with E-state index in [0.29, 0.717) is 19.3 Å². The lowest BCUT2D eigenvalue weighted by molar-refractivity contribution is -0.145. The SMILES string of the molecule is O=C1Cc2cc(C3(C(=O)O)CCCCC3)ccc2N1. The van der Waals surface area contributed by atoms with E-state index >= 15 is 0 Å². The zero-order chi connectivity index (χ0) is 13.5. The number of anilines is 1. The summed E-state index contributed by atoms with van der Waals surface area (Å²) < 4.78 is 0. The normalized spacial score (nSPS) is 20.7. The molecule has 1 aliphatic carbocycles. The highest BCUT2D eigenvalue weighted by Crippen LogP contribution is 2.41. The Hall–Kier alpha value is -1.84. The number of rotatable bonds is 2. The molecule has 0 spiro atoms. The number of hydrogen-bond donors (Lipinski definition) is 2.